The summed E-state index contributed by atoms with van der Waals surface area (Å²) < 4.78 is 0. The van der Waals surface area contributed by atoms with Gasteiger partial charge in [0.15, 0.2) is 0 Å². The van der Waals surface area contributed by atoms with Crippen molar-refractivity contribution >= 4 is 0 Å². The van der Waals surface area contributed by atoms with Crippen molar-refractivity contribution in [2.24, 2.45) is 0 Å². The smallest absolute Gasteiger partial charge is 0.0623 e. The van der Waals surface area contributed by atoms with Gasteiger partial charge >= 0.3 is 0 Å². The van der Waals surface area contributed by atoms with Gasteiger partial charge in [-0.2, -0.15) is 0 Å². The summed E-state index contributed by atoms with van der Waals surface area (Å²) in [4.78, 5) is 0. The summed E-state index contributed by atoms with van der Waals surface area (Å²) in [5.74, 6) is 0. The van der Waals surface area contributed by atoms with E-state index in [0.717, 1.165) is 0 Å². The van der Waals surface area contributed by atoms with E-state index < -0.39 is 0 Å². The summed E-state index contributed by atoms with van der Waals surface area (Å²) in [5.41, 5.74) is 0. The average molecular weight is 120 g/mol. The first-order valence-electron chi connectivity index (χ1n) is 2.67. The van der Waals surface area contributed by atoms with E-state index in [1.165, 1.54) is 0 Å². The zero-order valence-corrected chi connectivity index (χ0v) is 4.62. The third kappa shape index (κ3) is 3.53. The molecule has 0 fully saturated rings. The topological polar surface area (TPSA) is 0 Å². The van der Waals surface area contributed by atoms with Gasteiger partial charge in [-0.15, -0.1) is 0 Å². The molecular formula is C9H12. The lowest BCUT2D eigenvalue weighted by Crippen LogP contribution is -1.55. The van der Waals surface area contributed by atoms with Crippen LogP contribution in [0.5, 0.6) is 0 Å². The Bertz CT molecular complexity index is 101. The van der Waals surface area contributed by atoms with Crippen LogP contribution in [-0.4, -0.2) is 0 Å². The van der Waals surface area contributed by atoms with Gasteiger partial charge in [-0.05, 0) is 0 Å². The molecule has 0 heteroatoms. The highest BCUT2D eigenvalue weighted by Crippen LogP contribution is 1.87. The van der Waals surface area contributed by atoms with Crippen LogP contribution in [0.1, 0.15) is 7.43 Å². The Labute approximate surface area is 56.9 Å². The van der Waals surface area contributed by atoms with Gasteiger partial charge in [0.1, 0.15) is 0 Å². The maximum atomic E-state index is 2.00. The first-order chi connectivity index (χ1) is 4.00. The van der Waals surface area contributed by atoms with Crippen LogP contribution in [0, 0.1) is 0 Å². The number of allylic oxidation sites excluding steroid dienone is 8. The fraction of sp³-hybridized carbons (Fsp3) is 0.111. The van der Waals surface area contributed by atoms with Crippen molar-refractivity contribution in [1.82, 2.24) is 0 Å². The lowest BCUT2D eigenvalue weighted by Gasteiger charge is -1.77. The second-order valence-electron chi connectivity index (χ2n) is 1.54. The van der Waals surface area contributed by atoms with Crippen LogP contribution in [0.25, 0.3) is 0 Å². The summed E-state index contributed by atoms with van der Waals surface area (Å²) in [7, 11) is 0. The summed E-state index contributed by atoms with van der Waals surface area (Å²) >= 11 is 0. The van der Waals surface area contributed by atoms with E-state index in [1.54, 1.807) is 0 Å². The Balaban J connectivity index is 0.000000640. The van der Waals surface area contributed by atoms with Gasteiger partial charge < -0.3 is 0 Å². The minimum atomic E-state index is 0. The van der Waals surface area contributed by atoms with Crippen LogP contribution in [-0.2, 0) is 0 Å². The van der Waals surface area contributed by atoms with Crippen molar-refractivity contribution in [2.75, 3.05) is 0 Å². The zero-order chi connectivity index (χ0) is 5.66. The molecule has 9 heavy (non-hydrogen) atoms. The van der Waals surface area contributed by atoms with Crippen molar-refractivity contribution in [1.29, 1.82) is 0 Å². The van der Waals surface area contributed by atoms with E-state index in [0.29, 0.717) is 0 Å². The number of rotatable bonds is 0. The standard InChI is InChI=1S/C8H8.CH4/c1-2-4-6-8-7-5-3-1;/h1-8H;1H4. The van der Waals surface area contributed by atoms with Crippen LogP contribution < -0.4 is 0 Å². The maximum Gasteiger partial charge on any atom is -0.0623 e. The van der Waals surface area contributed by atoms with Crippen molar-refractivity contribution < 1.29 is 0 Å². The van der Waals surface area contributed by atoms with Gasteiger partial charge in [0.2, 0.25) is 0 Å². The number of hydrogen-bond donors (Lipinski definition) is 0. The molecule has 0 aliphatic heterocycles. The van der Waals surface area contributed by atoms with Crippen LogP contribution in [0.4, 0.5) is 0 Å². The Hall–Kier alpha value is -1.04. The minimum Gasteiger partial charge on any atom is -0.0776 e. The molecule has 0 nitrogen and oxygen atoms in total. The normalized spacial score (nSPS) is 14.2. The first-order valence-corrected chi connectivity index (χ1v) is 2.67. The van der Waals surface area contributed by atoms with Crippen molar-refractivity contribution in [3.8, 4) is 0 Å². The maximum absolute atomic E-state index is 2.00. The fourth-order valence-corrected chi connectivity index (χ4v) is 0.513. The summed E-state index contributed by atoms with van der Waals surface area (Å²) in [6, 6.07) is 0. The third-order valence-corrected chi connectivity index (χ3v) is 0.889. The predicted molar refractivity (Wildman–Crippen MR) is 43.3 cm³/mol. The van der Waals surface area contributed by atoms with Crippen molar-refractivity contribution in [3.63, 3.8) is 0 Å². The highest BCUT2D eigenvalue weighted by atomic mass is 13.7. The first kappa shape index (κ1) is 7.96. The van der Waals surface area contributed by atoms with E-state index in [-0.39, 0.29) is 7.43 Å². The molecule has 0 saturated heterocycles. The van der Waals surface area contributed by atoms with Crippen LogP contribution >= 0.6 is 0 Å². The molecule has 0 amide bonds. The monoisotopic (exact) mass is 120 g/mol. The van der Waals surface area contributed by atoms with E-state index in [9.17, 15) is 0 Å². The molecule has 0 aromatic heterocycles. The van der Waals surface area contributed by atoms with Gasteiger partial charge in [0.25, 0.3) is 0 Å². The largest absolute Gasteiger partial charge is 0.0776 e. The molecule has 1 aliphatic carbocycles. The molecule has 48 valence electrons. The van der Waals surface area contributed by atoms with E-state index >= 15 is 0 Å². The molecule has 0 N–H and O–H groups in total. The van der Waals surface area contributed by atoms with Gasteiger partial charge in [-0.25, -0.2) is 0 Å². The Kier molecular flexibility index (Phi) is 4.51. The summed E-state index contributed by atoms with van der Waals surface area (Å²) in [6.45, 7) is 0. The summed E-state index contributed by atoms with van der Waals surface area (Å²) in [5, 5.41) is 0. The second kappa shape index (κ2) is 5.10. The minimum absolute atomic E-state index is 0. The molecule has 0 spiro atoms. The van der Waals surface area contributed by atoms with Crippen molar-refractivity contribution in [2.45, 2.75) is 7.43 Å². The van der Waals surface area contributed by atoms with Crippen LogP contribution in [0.15, 0.2) is 48.6 Å². The Morgan fingerprint density at radius 2 is 0.444 bits per heavy atom. The second-order valence-corrected chi connectivity index (χ2v) is 1.54. The Morgan fingerprint density at radius 1 is 0.333 bits per heavy atom. The molecule has 0 saturated carbocycles. The van der Waals surface area contributed by atoms with Gasteiger partial charge in [0, 0.05) is 0 Å². The highest BCUT2D eigenvalue weighted by molar-refractivity contribution is 5.23. The molecular weight excluding hydrogens is 108 g/mol. The highest BCUT2D eigenvalue weighted by Gasteiger charge is 1.65. The van der Waals surface area contributed by atoms with E-state index in [1.807, 2.05) is 48.6 Å². The van der Waals surface area contributed by atoms with Crippen molar-refractivity contribution in [3.05, 3.63) is 48.6 Å². The van der Waals surface area contributed by atoms with Gasteiger partial charge in [-0.1, -0.05) is 56.0 Å². The van der Waals surface area contributed by atoms with E-state index in [4.69, 9.17) is 0 Å². The van der Waals surface area contributed by atoms with Gasteiger partial charge in [-0.3, -0.25) is 0 Å². The molecule has 0 radical (unpaired) electrons. The predicted octanol–water partition coefficient (Wildman–Crippen LogP) is 2.86. The lowest BCUT2D eigenvalue weighted by atomic mass is 10.3. The SMILES string of the molecule is C.C1=CC=CC=CC=C1. The molecule has 1 rings (SSSR count). The van der Waals surface area contributed by atoms with Gasteiger partial charge in [0.05, 0.1) is 0 Å². The molecule has 0 aromatic rings. The zero-order valence-electron chi connectivity index (χ0n) is 4.62. The molecule has 1 aliphatic rings. The molecule has 0 aromatic carbocycles. The lowest BCUT2D eigenvalue weighted by molar-refractivity contribution is 1.81. The molecule has 0 atom stereocenters. The Morgan fingerprint density at radius 3 is 0.556 bits per heavy atom. The molecule has 0 bridgehead atoms. The van der Waals surface area contributed by atoms with Crippen LogP contribution in [0.3, 0.4) is 0 Å². The fourth-order valence-electron chi connectivity index (χ4n) is 0.513. The third-order valence-electron chi connectivity index (χ3n) is 0.889. The van der Waals surface area contributed by atoms with Crippen LogP contribution in [0.2, 0.25) is 0 Å². The number of hydrogen-bond acceptors (Lipinski definition) is 0. The molecule has 0 unspecified atom stereocenters. The van der Waals surface area contributed by atoms with E-state index in [2.05, 4.69) is 0 Å². The summed E-state index contributed by atoms with van der Waals surface area (Å²) in [6.07, 6.45) is 16.0. The average Bonchev–Trinajstić information content (AvgIpc) is 1.62. The molecule has 0 heterocycles. The quantitative estimate of drug-likeness (QED) is 0.461.